The van der Waals surface area contributed by atoms with E-state index in [1.54, 1.807) is 16.7 Å². The highest BCUT2D eigenvalue weighted by Gasteiger charge is 2.33. The second-order valence-corrected chi connectivity index (χ2v) is 7.76. The third-order valence-electron chi connectivity index (χ3n) is 3.90. The molecule has 0 amide bonds. The van der Waals surface area contributed by atoms with E-state index in [-0.39, 0.29) is 17.7 Å². The molecule has 2 unspecified atom stereocenters. The van der Waals surface area contributed by atoms with Crippen molar-refractivity contribution in [3.05, 3.63) is 30.1 Å². The summed E-state index contributed by atoms with van der Waals surface area (Å²) in [4.78, 5) is 4.12. The van der Waals surface area contributed by atoms with Crippen molar-refractivity contribution in [3.63, 3.8) is 0 Å². The van der Waals surface area contributed by atoms with E-state index in [2.05, 4.69) is 17.2 Å². The molecule has 5 nitrogen and oxygen atoms in total. The summed E-state index contributed by atoms with van der Waals surface area (Å²) < 4.78 is 27.1. The normalized spacial score (nSPS) is 22.1. The van der Waals surface area contributed by atoms with Crippen LogP contribution in [0.2, 0.25) is 0 Å². The quantitative estimate of drug-likeness (QED) is 0.870. The summed E-state index contributed by atoms with van der Waals surface area (Å²) in [6, 6.07) is 3.66. The van der Waals surface area contributed by atoms with Crippen molar-refractivity contribution in [1.82, 2.24) is 14.6 Å². The molecule has 1 aliphatic heterocycles. The van der Waals surface area contributed by atoms with Crippen molar-refractivity contribution in [2.24, 2.45) is 5.92 Å². The molecular weight excluding hydrogens is 286 g/mol. The van der Waals surface area contributed by atoms with Crippen LogP contribution < -0.4 is 5.32 Å². The molecule has 21 heavy (non-hydrogen) atoms. The van der Waals surface area contributed by atoms with E-state index in [9.17, 15) is 8.42 Å². The largest absolute Gasteiger partial charge is 0.313 e. The van der Waals surface area contributed by atoms with Gasteiger partial charge in [0.05, 0.1) is 11.8 Å². The molecule has 0 radical (unpaired) electrons. The first kappa shape index (κ1) is 16.4. The topological polar surface area (TPSA) is 62.3 Å². The fraction of sp³-hybridized carbons (Fsp3) is 0.667. The molecule has 2 rings (SSSR count). The summed E-state index contributed by atoms with van der Waals surface area (Å²) >= 11 is 0. The fourth-order valence-corrected chi connectivity index (χ4v) is 4.94. The van der Waals surface area contributed by atoms with E-state index in [0.717, 1.165) is 18.4 Å². The molecule has 118 valence electrons. The standard InChI is InChI=1S/C15H25N3O2S/c1-3-5-13(2)12-21(19,20)18-9-8-17-11-15(18)14-6-4-7-16-10-14/h4,6-7,10,13,15,17H,3,5,8-9,11-12H2,1-2H3. The Kier molecular flexibility index (Phi) is 5.72. The van der Waals surface area contributed by atoms with Gasteiger partial charge in [0.1, 0.15) is 0 Å². The smallest absolute Gasteiger partial charge is 0.215 e. The van der Waals surface area contributed by atoms with Gasteiger partial charge in [-0.05, 0) is 24.0 Å². The van der Waals surface area contributed by atoms with Crippen molar-refractivity contribution < 1.29 is 8.42 Å². The third-order valence-corrected chi connectivity index (χ3v) is 6.04. The van der Waals surface area contributed by atoms with Crippen molar-refractivity contribution in [2.75, 3.05) is 25.4 Å². The van der Waals surface area contributed by atoms with Gasteiger partial charge in [-0.25, -0.2) is 8.42 Å². The van der Waals surface area contributed by atoms with E-state index in [1.807, 2.05) is 19.1 Å². The zero-order valence-electron chi connectivity index (χ0n) is 12.8. The fourth-order valence-electron chi connectivity index (χ4n) is 2.91. The number of pyridine rings is 1. The van der Waals surface area contributed by atoms with E-state index >= 15 is 0 Å². The Bertz CT molecular complexity index is 533. The van der Waals surface area contributed by atoms with Gasteiger partial charge in [-0.15, -0.1) is 0 Å². The maximum Gasteiger partial charge on any atom is 0.215 e. The minimum atomic E-state index is -3.24. The van der Waals surface area contributed by atoms with E-state index in [0.29, 0.717) is 19.6 Å². The maximum atomic E-state index is 12.7. The second kappa shape index (κ2) is 7.33. The monoisotopic (exact) mass is 311 g/mol. The Morgan fingerprint density at radius 3 is 3.00 bits per heavy atom. The van der Waals surface area contributed by atoms with Crippen LogP contribution in [0.4, 0.5) is 0 Å². The Labute approximate surface area is 127 Å². The van der Waals surface area contributed by atoms with Gasteiger partial charge in [-0.1, -0.05) is 26.3 Å². The van der Waals surface area contributed by atoms with E-state index < -0.39 is 10.0 Å². The van der Waals surface area contributed by atoms with Crippen LogP contribution >= 0.6 is 0 Å². The first-order chi connectivity index (χ1) is 10.0. The molecule has 0 saturated carbocycles. The lowest BCUT2D eigenvalue weighted by Crippen LogP contribution is -2.49. The predicted octanol–water partition coefficient (Wildman–Crippen LogP) is 1.79. The van der Waals surface area contributed by atoms with Gasteiger partial charge in [0.2, 0.25) is 10.0 Å². The molecule has 1 aromatic rings. The average Bonchev–Trinajstić information content (AvgIpc) is 2.48. The Balaban J connectivity index is 2.18. The molecule has 1 N–H and O–H groups in total. The number of nitrogens with zero attached hydrogens (tertiary/aromatic N) is 2. The number of sulfonamides is 1. The molecule has 1 fully saturated rings. The van der Waals surface area contributed by atoms with Crippen LogP contribution in [0.5, 0.6) is 0 Å². The molecule has 1 aliphatic rings. The highest BCUT2D eigenvalue weighted by molar-refractivity contribution is 7.89. The Morgan fingerprint density at radius 1 is 1.52 bits per heavy atom. The van der Waals surface area contributed by atoms with Crippen molar-refractivity contribution >= 4 is 10.0 Å². The third kappa shape index (κ3) is 4.25. The lowest BCUT2D eigenvalue weighted by atomic mass is 10.1. The summed E-state index contributed by atoms with van der Waals surface area (Å²) in [6.07, 6.45) is 5.44. The van der Waals surface area contributed by atoms with Crippen LogP contribution in [0.25, 0.3) is 0 Å². The van der Waals surface area contributed by atoms with Gasteiger partial charge in [0.15, 0.2) is 0 Å². The van der Waals surface area contributed by atoms with Gasteiger partial charge in [0.25, 0.3) is 0 Å². The van der Waals surface area contributed by atoms with Crippen molar-refractivity contribution in [3.8, 4) is 0 Å². The number of hydrogen-bond acceptors (Lipinski definition) is 4. The van der Waals surface area contributed by atoms with E-state index in [1.165, 1.54) is 0 Å². The molecule has 6 heteroatoms. The minimum Gasteiger partial charge on any atom is -0.313 e. The average molecular weight is 311 g/mol. The molecule has 1 saturated heterocycles. The van der Waals surface area contributed by atoms with Gasteiger partial charge in [0, 0.05) is 32.0 Å². The second-order valence-electron chi connectivity index (χ2n) is 5.79. The predicted molar refractivity (Wildman–Crippen MR) is 84.4 cm³/mol. The molecule has 0 spiro atoms. The van der Waals surface area contributed by atoms with Crippen molar-refractivity contribution in [1.29, 1.82) is 0 Å². The van der Waals surface area contributed by atoms with Gasteiger partial charge >= 0.3 is 0 Å². The maximum absolute atomic E-state index is 12.7. The summed E-state index contributed by atoms with van der Waals surface area (Å²) in [7, 11) is -3.24. The summed E-state index contributed by atoms with van der Waals surface area (Å²) in [6.45, 7) is 5.99. The van der Waals surface area contributed by atoms with Gasteiger partial charge in [-0.3, -0.25) is 4.98 Å². The zero-order chi connectivity index (χ0) is 15.3. The van der Waals surface area contributed by atoms with Crippen LogP contribution in [-0.2, 0) is 10.0 Å². The highest BCUT2D eigenvalue weighted by atomic mass is 32.2. The molecule has 2 heterocycles. The number of rotatable bonds is 6. The summed E-state index contributed by atoms with van der Waals surface area (Å²) in [5, 5.41) is 3.28. The van der Waals surface area contributed by atoms with Crippen LogP contribution in [0, 0.1) is 5.92 Å². The number of hydrogen-bond donors (Lipinski definition) is 1. The number of aromatic nitrogens is 1. The lowest BCUT2D eigenvalue weighted by molar-refractivity contribution is 0.269. The molecular formula is C15H25N3O2S. The van der Waals surface area contributed by atoms with Crippen LogP contribution in [-0.4, -0.2) is 43.1 Å². The van der Waals surface area contributed by atoms with Gasteiger partial charge < -0.3 is 5.32 Å². The minimum absolute atomic E-state index is 0.147. The Morgan fingerprint density at radius 2 is 2.33 bits per heavy atom. The SMILES string of the molecule is CCCC(C)CS(=O)(=O)N1CCNCC1c1cccnc1. The molecule has 0 aliphatic carbocycles. The molecule has 2 atom stereocenters. The van der Waals surface area contributed by atoms with Crippen LogP contribution in [0.1, 0.15) is 38.3 Å². The van der Waals surface area contributed by atoms with E-state index in [4.69, 9.17) is 0 Å². The van der Waals surface area contributed by atoms with Gasteiger partial charge in [-0.2, -0.15) is 4.31 Å². The number of nitrogens with one attached hydrogen (secondary N) is 1. The van der Waals surface area contributed by atoms with Crippen LogP contribution in [0.15, 0.2) is 24.5 Å². The molecule has 0 aromatic carbocycles. The first-order valence-electron chi connectivity index (χ1n) is 7.64. The Hall–Kier alpha value is -0.980. The first-order valence-corrected chi connectivity index (χ1v) is 9.25. The van der Waals surface area contributed by atoms with Crippen molar-refractivity contribution in [2.45, 2.75) is 32.7 Å². The lowest BCUT2D eigenvalue weighted by Gasteiger charge is -2.35. The number of piperazine rings is 1. The zero-order valence-corrected chi connectivity index (χ0v) is 13.6. The van der Waals surface area contributed by atoms with Crippen LogP contribution in [0.3, 0.4) is 0 Å². The summed E-state index contributed by atoms with van der Waals surface area (Å²) in [5.41, 5.74) is 0.955. The molecule has 1 aromatic heterocycles. The highest BCUT2D eigenvalue weighted by Crippen LogP contribution is 2.26. The molecule has 0 bridgehead atoms. The summed E-state index contributed by atoms with van der Waals surface area (Å²) in [5.74, 6) is 0.432.